The standard InChI is InChI=1S/C17H27NO/c1-4-16(19-5-2)17(18-3)15-12-7-6-11-14(15)13-9-8-10-13/h6-7,11-13,16-18H,4-5,8-10H2,1-3H3. The summed E-state index contributed by atoms with van der Waals surface area (Å²) in [5, 5.41) is 3.47. The van der Waals surface area contributed by atoms with Crippen LogP contribution in [0, 0.1) is 0 Å². The molecule has 19 heavy (non-hydrogen) atoms. The van der Waals surface area contributed by atoms with E-state index in [0.717, 1.165) is 18.9 Å². The van der Waals surface area contributed by atoms with Crippen LogP contribution in [0.2, 0.25) is 0 Å². The smallest absolute Gasteiger partial charge is 0.0766 e. The summed E-state index contributed by atoms with van der Waals surface area (Å²) in [6.45, 7) is 5.06. The van der Waals surface area contributed by atoms with Gasteiger partial charge in [-0.25, -0.2) is 0 Å². The highest BCUT2D eigenvalue weighted by molar-refractivity contribution is 5.34. The predicted molar refractivity (Wildman–Crippen MR) is 80.5 cm³/mol. The Balaban J connectivity index is 2.26. The van der Waals surface area contributed by atoms with Crippen LogP contribution in [0.3, 0.4) is 0 Å². The maximum Gasteiger partial charge on any atom is 0.0766 e. The van der Waals surface area contributed by atoms with Gasteiger partial charge in [-0.2, -0.15) is 0 Å². The topological polar surface area (TPSA) is 21.3 Å². The molecule has 1 aliphatic carbocycles. The molecule has 0 radical (unpaired) electrons. The van der Waals surface area contributed by atoms with Gasteiger partial charge >= 0.3 is 0 Å². The number of hydrogen-bond acceptors (Lipinski definition) is 2. The van der Waals surface area contributed by atoms with Crippen molar-refractivity contribution in [1.29, 1.82) is 0 Å². The number of benzene rings is 1. The highest BCUT2D eigenvalue weighted by Crippen LogP contribution is 2.40. The van der Waals surface area contributed by atoms with Crippen molar-refractivity contribution >= 4 is 0 Å². The average molecular weight is 261 g/mol. The minimum Gasteiger partial charge on any atom is -0.377 e. The second-order valence-corrected chi connectivity index (χ2v) is 5.43. The van der Waals surface area contributed by atoms with E-state index in [1.807, 2.05) is 7.05 Å². The van der Waals surface area contributed by atoms with Gasteiger partial charge in [0.1, 0.15) is 0 Å². The Morgan fingerprint density at radius 2 is 2.00 bits per heavy atom. The molecule has 1 fully saturated rings. The van der Waals surface area contributed by atoms with Crippen LogP contribution in [-0.4, -0.2) is 19.8 Å². The third kappa shape index (κ3) is 3.18. The number of nitrogens with one attached hydrogen (secondary N) is 1. The van der Waals surface area contributed by atoms with Crippen molar-refractivity contribution in [3.8, 4) is 0 Å². The quantitative estimate of drug-likeness (QED) is 0.800. The molecule has 0 aliphatic heterocycles. The Morgan fingerprint density at radius 1 is 1.26 bits per heavy atom. The van der Waals surface area contributed by atoms with E-state index in [0.29, 0.717) is 6.04 Å². The first-order valence-corrected chi connectivity index (χ1v) is 7.69. The minimum atomic E-state index is 0.260. The summed E-state index contributed by atoms with van der Waals surface area (Å²) < 4.78 is 5.92. The van der Waals surface area contributed by atoms with Crippen molar-refractivity contribution in [3.63, 3.8) is 0 Å². The normalized spacial score (nSPS) is 18.9. The SMILES string of the molecule is CCOC(CC)C(NC)c1ccccc1C1CCC1. The van der Waals surface area contributed by atoms with E-state index in [1.54, 1.807) is 0 Å². The van der Waals surface area contributed by atoms with Gasteiger partial charge in [-0.15, -0.1) is 0 Å². The third-order valence-corrected chi connectivity index (χ3v) is 4.34. The lowest BCUT2D eigenvalue weighted by Crippen LogP contribution is -2.32. The van der Waals surface area contributed by atoms with Gasteiger partial charge in [0, 0.05) is 6.61 Å². The summed E-state index contributed by atoms with van der Waals surface area (Å²) in [5.74, 6) is 0.770. The highest BCUT2D eigenvalue weighted by Gasteiger charge is 2.27. The second kappa shape index (κ2) is 7.06. The molecular formula is C17H27NO. The molecule has 0 bridgehead atoms. The lowest BCUT2D eigenvalue weighted by molar-refractivity contribution is 0.0330. The Bertz CT molecular complexity index is 387. The summed E-state index contributed by atoms with van der Waals surface area (Å²) in [4.78, 5) is 0. The van der Waals surface area contributed by atoms with Gasteiger partial charge in [0.05, 0.1) is 12.1 Å². The zero-order valence-electron chi connectivity index (χ0n) is 12.5. The van der Waals surface area contributed by atoms with E-state index in [9.17, 15) is 0 Å². The maximum atomic E-state index is 5.92. The van der Waals surface area contributed by atoms with Crippen LogP contribution in [0.5, 0.6) is 0 Å². The number of rotatable bonds is 7. The van der Waals surface area contributed by atoms with Crippen LogP contribution < -0.4 is 5.32 Å². The third-order valence-electron chi connectivity index (χ3n) is 4.34. The lowest BCUT2D eigenvalue weighted by atomic mass is 9.76. The fraction of sp³-hybridized carbons (Fsp3) is 0.647. The summed E-state index contributed by atoms with van der Waals surface area (Å²) in [5.41, 5.74) is 2.97. The summed E-state index contributed by atoms with van der Waals surface area (Å²) in [6.07, 6.45) is 5.37. The first-order valence-electron chi connectivity index (χ1n) is 7.69. The molecular weight excluding hydrogens is 234 g/mol. The van der Waals surface area contributed by atoms with E-state index < -0.39 is 0 Å². The molecule has 2 heteroatoms. The van der Waals surface area contributed by atoms with Crippen molar-refractivity contribution in [2.24, 2.45) is 0 Å². The van der Waals surface area contributed by atoms with Crippen LogP contribution >= 0.6 is 0 Å². The zero-order valence-corrected chi connectivity index (χ0v) is 12.5. The Kier molecular flexibility index (Phi) is 5.41. The monoisotopic (exact) mass is 261 g/mol. The first-order chi connectivity index (χ1) is 9.31. The van der Waals surface area contributed by atoms with Gasteiger partial charge < -0.3 is 10.1 Å². The largest absolute Gasteiger partial charge is 0.377 e. The van der Waals surface area contributed by atoms with Gasteiger partial charge in [0.15, 0.2) is 0 Å². The number of ether oxygens (including phenoxy) is 1. The molecule has 0 saturated heterocycles. The molecule has 1 aromatic carbocycles. The lowest BCUT2D eigenvalue weighted by Gasteiger charge is -2.33. The van der Waals surface area contributed by atoms with Gasteiger partial charge in [0.2, 0.25) is 0 Å². The second-order valence-electron chi connectivity index (χ2n) is 5.43. The van der Waals surface area contributed by atoms with E-state index in [4.69, 9.17) is 4.74 Å². The molecule has 1 aromatic rings. The number of likely N-dealkylation sites (N-methyl/N-ethyl adjacent to an activating group) is 1. The zero-order chi connectivity index (χ0) is 13.7. The molecule has 0 heterocycles. The molecule has 1 saturated carbocycles. The van der Waals surface area contributed by atoms with Crippen LogP contribution in [0.1, 0.15) is 62.6 Å². The van der Waals surface area contributed by atoms with E-state index in [2.05, 4.69) is 43.4 Å². The Labute approximate surface area is 117 Å². The summed E-state index contributed by atoms with van der Waals surface area (Å²) in [6, 6.07) is 9.21. The molecule has 106 valence electrons. The predicted octanol–water partition coefficient (Wildman–Crippen LogP) is 4.03. The van der Waals surface area contributed by atoms with Crippen molar-refractivity contribution in [3.05, 3.63) is 35.4 Å². The van der Waals surface area contributed by atoms with Crippen molar-refractivity contribution in [1.82, 2.24) is 5.32 Å². The Morgan fingerprint density at radius 3 is 2.53 bits per heavy atom. The minimum absolute atomic E-state index is 0.260. The van der Waals surface area contributed by atoms with Crippen molar-refractivity contribution in [2.75, 3.05) is 13.7 Å². The molecule has 0 aromatic heterocycles. The highest BCUT2D eigenvalue weighted by atomic mass is 16.5. The molecule has 1 N–H and O–H groups in total. The fourth-order valence-electron chi connectivity index (χ4n) is 3.09. The van der Waals surface area contributed by atoms with Crippen LogP contribution in [0.25, 0.3) is 0 Å². The molecule has 2 rings (SSSR count). The number of hydrogen-bond donors (Lipinski definition) is 1. The van der Waals surface area contributed by atoms with Crippen molar-refractivity contribution < 1.29 is 4.74 Å². The Hall–Kier alpha value is -0.860. The van der Waals surface area contributed by atoms with E-state index >= 15 is 0 Å². The van der Waals surface area contributed by atoms with Crippen LogP contribution in [0.4, 0.5) is 0 Å². The first kappa shape index (κ1) is 14.5. The molecule has 2 unspecified atom stereocenters. The van der Waals surface area contributed by atoms with Gasteiger partial charge in [0.25, 0.3) is 0 Å². The molecule has 1 aliphatic rings. The molecule has 2 nitrogen and oxygen atoms in total. The van der Waals surface area contributed by atoms with Gasteiger partial charge in [-0.3, -0.25) is 0 Å². The van der Waals surface area contributed by atoms with Gasteiger partial charge in [-0.1, -0.05) is 37.6 Å². The van der Waals surface area contributed by atoms with Crippen LogP contribution in [-0.2, 0) is 4.74 Å². The average Bonchev–Trinajstić information content (AvgIpc) is 2.38. The van der Waals surface area contributed by atoms with Crippen molar-refractivity contribution in [2.45, 2.75) is 57.6 Å². The summed E-state index contributed by atoms with van der Waals surface area (Å²) in [7, 11) is 2.05. The van der Waals surface area contributed by atoms with Gasteiger partial charge in [-0.05, 0) is 50.3 Å². The molecule has 2 atom stereocenters. The van der Waals surface area contributed by atoms with Crippen LogP contribution in [0.15, 0.2) is 24.3 Å². The van der Waals surface area contributed by atoms with E-state index in [-0.39, 0.29) is 6.10 Å². The molecule has 0 spiro atoms. The summed E-state index contributed by atoms with van der Waals surface area (Å²) >= 11 is 0. The fourth-order valence-corrected chi connectivity index (χ4v) is 3.09. The maximum absolute atomic E-state index is 5.92. The van der Waals surface area contributed by atoms with E-state index in [1.165, 1.54) is 30.4 Å². The molecule has 0 amide bonds.